The molecule has 0 aromatic carbocycles. The summed E-state index contributed by atoms with van der Waals surface area (Å²) in [5.74, 6) is 0. The SMILES string of the molecule is Fc1ccc(-c2nccc3[nH]c(-c4n[nH]c5cnc(-c6cccnc6)cc45)cc23)s1. The summed E-state index contributed by atoms with van der Waals surface area (Å²) in [6, 6.07) is 13.0. The van der Waals surface area contributed by atoms with E-state index >= 15 is 0 Å². The highest BCUT2D eigenvalue weighted by molar-refractivity contribution is 7.13. The first-order valence-electron chi connectivity index (χ1n) is 9.24. The van der Waals surface area contributed by atoms with Crippen LogP contribution in [-0.2, 0) is 0 Å². The summed E-state index contributed by atoms with van der Waals surface area (Å²) in [4.78, 5) is 17.4. The van der Waals surface area contributed by atoms with Gasteiger partial charge < -0.3 is 4.98 Å². The Kier molecular flexibility index (Phi) is 3.72. The van der Waals surface area contributed by atoms with Gasteiger partial charge in [-0.25, -0.2) is 0 Å². The second-order valence-corrected chi connectivity index (χ2v) is 7.87. The van der Waals surface area contributed by atoms with Gasteiger partial charge in [-0.1, -0.05) is 0 Å². The third-order valence-corrected chi connectivity index (χ3v) is 5.89. The van der Waals surface area contributed by atoms with Crippen molar-refractivity contribution in [1.29, 1.82) is 0 Å². The van der Waals surface area contributed by atoms with E-state index < -0.39 is 0 Å². The molecule has 0 aliphatic rings. The fourth-order valence-electron chi connectivity index (χ4n) is 3.61. The Bertz CT molecular complexity index is 1520. The molecule has 6 heterocycles. The van der Waals surface area contributed by atoms with Crippen LogP contribution in [0.25, 0.3) is 55.0 Å². The highest BCUT2D eigenvalue weighted by Gasteiger charge is 2.16. The van der Waals surface area contributed by atoms with E-state index in [1.807, 2.05) is 30.3 Å². The number of nitrogens with one attached hydrogen (secondary N) is 2. The van der Waals surface area contributed by atoms with Gasteiger partial charge in [0.1, 0.15) is 5.69 Å². The van der Waals surface area contributed by atoms with Gasteiger partial charge in [-0.15, -0.1) is 11.3 Å². The monoisotopic (exact) mass is 412 g/mol. The van der Waals surface area contributed by atoms with Crippen LogP contribution in [-0.4, -0.2) is 30.1 Å². The molecule has 0 saturated heterocycles. The lowest BCUT2D eigenvalue weighted by atomic mass is 10.1. The maximum Gasteiger partial charge on any atom is 0.177 e. The van der Waals surface area contributed by atoms with Crippen molar-refractivity contribution in [1.82, 2.24) is 30.1 Å². The smallest absolute Gasteiger partial charge is 0.177 e. The summed E-state index contributed by atoms with van der Waals surface area (Å²) in [6.45, 7) is 0. The Morgan fingerprint density at radius 1 is 0.867 bits per heavy atom. The fraction of sp³-hybridized carbons (Fsp3) is 0. The van der Waals surface area contributed by atoms with Crippen molar-refractivity contribution in [3.63, 3.8) is 0 Å². The van der Waals surface area contributed by atoms with E-state index in [1.165, 1.54) is 6.07 Å². The second kappa shape index (κ2) is 6.57. The van der Waals surface area contributed by atoms with Crippen LogP contribution < -0.4 is 0 Å². The third kappa shape index (κ3) is 2.69. The molecule has 0 unspecified atom stereocenters. The molecule has 6 rings (SSSR count). The molecule has 6 aromatic rings. The van der Waals surface area contributed by atoms with Gasteiger partial charge in [0.25, 0.3) is 0 Å². The van der Waals surface area contributed by atoms with Crippen LogP contribution in [0.2, 0.25) is 0 Å². The number of aromatic nitrogens is 6. The summed E-state index contributed by atoms with van der Waals surface area (Å²) in [6.07, 6.45) is 7.02. The van der Waals surface area contributed by atoms with Crippen molar-refractivity contribution in [3.05, 3.63) is 72.4 Å². The van der Waals surface area contributed by atoms with Gasteiger partial charge in [0.2, 0.25) is 0 Å². The van der Waals surface area contributed by atoms with Gasteiger partial charge in [-0.2, -0.15) is 9.49 Å². The van der Waals surface area contributed by atoms with Crippen molar-refractivity contribution in [2.45, 2.75) is 0 Å². The molecule has 0 amide bonds. The van der Waals surface area contributed by atoms with Gasteiger partial charge in [-0.05, 0) is 42.5 Å². The minimum Gasteiger partial charge on any atom is -0.353 e. The lowest BCUT2D eigenvalue weighted by Crippen LogP contribution is -1.85. The number of hydrogen-bond acceptors (Lipinski definition) is 5. The van der Waals surface area contributed by atoms with E-state index in [1.54, 1.807) is 30.9 Å². The summed E-state index contributed by atoms with van der Waals surface area (Å²) in [5, 5.41) is 9.21. The molecular formula is C22H13FN6S. The first-order valence-corrected chi connectivity index (χ1v) is 10.1. The van der Waals surface area contributed by atoms with Crippen molar-refractivity contribution < 1.29 is 4.39 Å². The first-order chi connectivity index (χ1) is 14.8. The number of H-pyrrole nitrogens is 2. The van der Waals surface area contributed by atoms with Crippen LogP contribution in [0, 0.1) is 5.13 Å². The number of thiophene rings is 1. The fourth-order valence-corrected chi connectivity index (χ4v) is 4.36. The molecule has 144 valence electrons. The highest BCUT2D eigenvalue weighted by atomic mass is 32.1. The Labute approximate surface area is 173 Å². The van der Waals surface area contributed by atoms with Crippen molar-refractivity contribution in [3.8, 4) is 33.2 Å². The average molecular weight is 412 g/mol. The van der Waals surface area contributed by atoms with Gasteiger partial charge in [0, 0.05) is 40.4 Å². The van der Waals surface area contributed by atoms with Crippen LogP contribution in [0.15, 0.2) is 67.3 Å². The van der Waals surface area contributed by atoms with Crippen LogP contribution in [0.5, 0.6) is 0 Å². The molecule has 8 heteroatoms. The quantitative estimate of drug-likeness (QED) is 0.406. The van der Waals surface area contributed by atoms with Crippen LogP contribution in [0.4, 0.5) is 4.39 Å². The van der Waals surface area contributed by atoms with Gasteiger partial charge in [0.05, 0.1) is 33.7 Å². The molecule has 0 aliphatic carbocycles. The molecule has 0 bridgehead atoms. The normalized spacial score (nSPS) is 11.5. The lowest BCUT2D eigenvalue weighted by molar-refractivity contribution is 0.657. The highest BCUT2D eigenvalue weighted by Crippen LogP contribution is 2.35. The number of halogens is 1. The summed E-state index contributed by atoms with van der Waals surface area (Å²) < 4.78 is 13.6. The molecule has 0 spiro atoms. The number of pyridine rings is 3. The topological polar surface area (TPSA) is 83.1 Å². The predicted octanol–water partition coefficient (Wildman–Crippen LogP) is 5.43. The van der Waals surface area contributed by atoms with Crippen LogP contribution in [0.1, 0.15) is 0 Å². The Hall–Kier alpha value is -3.91. The lowest BCUT2D eigenvalue weighted by Gasteiger charge is -2.00. The zero-order valence-corrected chi connectivity index (χ0v) is 16.2. The number of nitrogens with zero attached hydrogens (tertiary/aromatic N) is 4. The van der Waals surface area contributed by atoms with Crippen molar-refractivity contribution in [2.24, 2.45) is 0 Å². The maximum absolute atomic E-state index is 13.6. The minimum atomic E-state index is -0.228. The molecule has 2 N–H and O–H groups in total. The minimum absolute atomic E-state index is 0.228. The van der Waals surface area contributed by atoms with Gasteiger partial charge in [0.15, 0.2) is 5.13 Å². The molecule has 0 aliphatic heterocycles. The van der Waals surface area contributed by atoms with Crippen LogP contribution >= 0.6 is 11.3 Å². The third-order valence-electron chi connectivity index (χ3n) is 5.01. The second-order valence-electron chi connectivity index (χ2n) is 6.84. The zero-order chi connectivity index (χ0) is 20.1. The average Bonchev–Trinajstić information content (AvgIpc) is 3.51. The van der Waals surface area contributed by atoms with E-state index in [0.717, 1.165) is 66.4 Å². The van der Waals surface area contributed by atoms with Crippen LogP contribution in [0.3, 0.4) is 0 Å². The molecule has 0 saturated carbocycles. The van der Waals surface area contributed by atoms with Crippen molar-refractivity contribution >= 4 is 33.1 Å². The summed E-state index contributed by atoms with van der Waals surface area (Å²) >= 11 is 1.09. The molecule has 0 radical (unpaired) electrons. The molecular weight excluding hydrogens is 399 g/mol. The Morgan fingerprint density at radius 3 is 2.63 bits per heavy atom. The largest absolute Gasteiger partial charge is 0.353 e. The Balaban J connectivity index is 1.52. The van der Waals surface area contributed by atoms with E-state index in [-0.39, 0.29) is 5.13 Å². The zero-order valence-electron chi connectivity index (χ0n) is 15.4. The van der Waals surface area contributed by atoms with Gasteiger partial charge in [-0.3, -0.25) is 20.1 Å². The van der Waals surface area contributed by atoms with E-state index in [2.05, 4.69) is 30.1 Å². The van der Waals surface area contributed by atoms with E-state index in [0.29, 0.717) is 0 Å². The van der Waals surface area contributed by atoms with E-state index in [4.69, 9.17) is 0 Å². The summed E-state index contributed by atoms with van der Waals surface area (Å²) in [5.41, 5.74) is 5.92. The maximum atomic E-state index is 13.6. The van der Waals surface area contributed by atoms with Gasteiger partial charge >= 0.3 is 0 Å². The number of rotatable bonds is 3. The van der Waals surface area contributed by atoms with Crippen molar-refractivity contribution in [2.75, 3.05) is 0 Å². The summed E-state index contributed by atoms with van der Waals surface area (Å²) in [7, 11) is 0. The molecule has 6 nitrogen and oxygen atoms in total. The number of fused-ring (bicyclic) bond motifs is 2. The molecule has 0 atom stereocenters. The molecule has 30 heavy (non-hydrogen) atoms. The number of hydrogen-bond donors (Lipinski definition) is 2. The Morgan fingerprint density at radius 2 is 1.80 bits per heavy atom. The number of aromatic amines is 2. The first kappa shape index (κ1) is 17.0. The molecule has 6 aromatic heterocycles. The van der Waals surface area contributed by atoms with E-state index in [9.17, 15) is 4.39 Å². The standard InChI is InChI=1S/C22H13FN6S/c23-20-4-3-19(30-20)22-13-9-17(27-15(13)5-7-25-22)21-14-8-16(12-2-1-6-24-10-12)26-11-18(14)28-29-21/h1-11,27H,(H,28,29). The predicted molar refractivity (Wildman–Crippen MR) is 115 cm³/mol. The molecule has 0 fully saturated rings.